The van der Waals surface area contributed by atoms with Crippen LogP contribution in [0.4, 0.5) is 0 Å². The Balaban J connectivity index is 1.49. The van der Waals surface area contributed by atoms with E-state index in [4.69, 9.17) is 4.98 Å². The Morgan fingerprint density at radius 2 is 1.52 bits per heavy atom. The lowest BCUT2D eigenvalue weighted by molar-refractivity contribution is 0.886. The fourth-order valence-corrected chi connectivity index (χ4v) is 2.90. The number of rotatable bonds is 4. The summed E-state index contributed by atoms with van der Waals surface area (Å²) in [6.07, 6.45) is 3.91. The van der Waals surface area contributed by atoms with E-state index in [1.165, 1.54) is 16.3 Å². The topological polar surface area (TPSA) is 28.7 Å². The molecule has 0 aliphatic heterocycles. The third kappa shape index (κ3) is 3.02. The van der Waals surface area contributed by atoms with E-state index in [9.17, 15) is 0 Å². The molecule has 0 saturated carbocycles. The Hall–Kier alpha value is -2.87. The van der Waals surface area contributed by atoms with Gasteiger partial charge in [-0.25, -0.2) is 4.98 Å². The highest BCUT2D eigenvalue weighted by atomic mass is 14.9. The van der Waals surface area contributed by atoms with E-state index < -0.39 is 0 Å². The van der Waals surface area contributed by atoms with Gasteiger partial charge in [0.15, 0.2) is 0 Å². The fraction of sp³-hybridized carbons (Fsp3) is 0.0952. The lowest BCUT2D eigenvalue weighted by Crippen LogP contribution is -1.93. The SMILES string of the molecule is c1ccc(-c2c[nH]c(CCc3ccc4ccccc4c3)n2)cc1. The number of aromatic amines is 1. The quantitative estimate of drug-likeness (QED) is 0.563. The Morgan fingerprint density at radius 3 is 2.39 bits per heavy atom. The predicted octanol–water partition coefficient (Wildman–Crippen LogP) is 5.02. The van der Waals surface area contributed by atoms with Gasteiger partial charge in [-0.3, -0.25) is 0 Å². The van der Waals surface area contributed by atoms with Gasteiger partial charge in [-0.1, -0.05) is 72.8 Å². The van der Waals surface area contributed by atoms with E-state index in [0.717, 1.165) is 29.9 Å². The molecule has 3 aromatic carbocycles. The Morgan fingerprint density at radius 1 is 0.739 bits per heavy atom. The van der Waals surface area contributed by atoms with Crippen LogP contribution in [0.5, 0.6) is 0 Å². The molecule has 2 nitrogen and oxygen atoms in total. The first-order valence-electron chi connectivity index (χ1n) is 7.96. The minimum absolute atomic E-state index is 0.922. The minimum atomic E-state index is 0.922. The molecule has 0 radical (unpaired) electrons. The Bertz CT molecular complexity index is 923. The van der Waals surface area contributed by atoms with Crippen LogP contribution >= 0.6 is 0 Å². The highest BCUT2D eigenvalue weighted by Crippen LogP contribution is 2.19. The van der Waals surface area contributed by atoms with Gasteiger partial charge in [-0.2, -0.15) is 0 Å². The van der Waals surface area contributed by atoms with Crippen LogP contribution in [0.2, 0.25) is 0 Å². The highest BCUT2D eigenvalue weighted by molar-refractivity contribution is 5.82. The number of aryl methyl sites for hydroxylation is 2. The van der Waals surface area contributed by atoms with Gasteiger partial charge in [0.25, 0.3) is 0 Å². The molecule has 1 heterocycles. The highest BCUT2D eigenvalue weighted by Gasteiger charge is 2.04. The molecular weight excluding hydrogens is 280 g/mol. The number of hydrogen-bond acceptors (Lipinski definition) is 1. The molecule has 0 spiro atoms. The molecule has 0 bridgehead atoms. The molecule has 0 aliphatic rings. The van der Waals surface area contributed by atoms with Crippen molar-refractivity contribution < 1.29 is 0 Å². The second-order valence-electron chi connectivity index (χ2n) is 5.78. The normalized spacial score (nSPS) is 11.0. The Kier molecular flexibility index (Phi) is 3.65. The van der Waals surface area contributed by atoms with Crippen LogP contribution in [-0.2, 0) is 12.8 Å². The first kappa shape index (κ1) is 13.8. The number of nitrogens with one attached hydrogen (secondary N) is 1. The van der Waals surface area contributed by atoms with Crippen molar-refractivity contribution in [3.05, 3.63) is 90.4 Å². The van der Waals surface area contributed by atoms with Crippen molar-refractivity contribution in [1.82, 2.24) is 9.97 Å². The number of H-pyrrole nitrogens is 1. The number of nitrogens with zero attached hydrogens (tertiary/aromatic N) is 1. The molecule has 2 heteroatoms. The molecule has 0 unspecified atom stereocenters. The van der Waals surface area contributed by atoms with Gasteiger partial charge < -0.3 is 4.98 Å². The van der Waals surface area contributed by atoms with Gasteiger partial charge >= 0.3 is 0 Å². The van der Waals surface area contributed by atoms with E-state index >= 15 is 0 Å². The molecule has 0 saturated heterocycles. The van der Waals surface area contributed by atoms with Gasteiger partial charge in [-0.15, -0.1) is 0 Å². The van der Waals surface area contributed by atoms with Gasteiger partial charge in [0.05, 0.1) is 5.69 Å². The second kappa shape index (κ2) is 6.09. The van der Waals surface area contributed by atoms with Crippen LogP contribution in [0.15, 0.2) is 79.0 Å². The summed E-state index contributed by atoms with van der Waals surface area (Å²) in [6.45, 7) is 0. The minimum Gasteiger partial charge on any atom is -0.348 e. The van der Waals surface area contributed by atoms with Gasteiger partial charge in [0.1, 0.15) is 5.82 Å². The maximum absolute atomic E-state index is 4.70. The average molecular weight is 298 g/mol. The third-order valence-electron chi connectivity index (χ3n) is 4.16. The summed E-state index contributed by atoms with van der Waals surface area (Å²) >= 11 is 0. The average Bonchev–Trinajstić information content (AvgIpc) is 3.10. The van der Waals surface area contributed by atoms with Crippen molar-refractivity contribution >= 4 is 10.8 Å². The first-order valence-corrected chi connectivity index (χ1v) is 7.96. The van der Waals surface area contributed by atoms with E-state index in [1.54, 1.807) is 0 Å². The summed E-state index contributed by atoms with van der Waals surface area (Å²) in [5, 5.41) is 2.59. The van der Waals surface area contributed by atoms with E-state index in [-0.39, 0.29) is 0 Å². The zero-order valence-electron chi connectivity index (χ0n) is 12.9. The molecule has 1 N–H and O–H groups in total. The fourth-order valence-electron chi connectivity index (χ4n) is 2.90. The van der Waals surface area contributed by atoms with Crippen LogP contribution in [0, 0.1) is 0 Å². The molecule has 0 atom stereocenters. The van der Waals surface area contributed by atoms with Crippen molar-refractivity contribution in [1.29, 1.82) is 0 Å². The number of benzene rings is 3. The van der Waals surface area contributed by atoms with Crippen LogP contribution < -0.4 is 0 Å². The van der Waals surface area contributed by atoms with Gasteiger partial charge in [-0.05, 0) is 22.8 Å². The van der Waals surface area contributed by atoms with Crippen molar-refractivity contribution in [2.45, 2.75) is 12.8 Å². The van der Waals surface area contributed by atoms with E-state index in [2.05, 4.69) is 59.6 Å². The lowest BCUT2D eigenvalue weighted by Gasteiger charge is -2.03. The van der Waals surface area contributed by atoms with Crippen LogP contribution in [0.1, 0.15) is 11.4 Å². The predicted molar refractivity (Wildman–Crippen MR) is 95.4 cm³/mol. The Labute approximate surface area is 135 Å². The maximum atomic E-state index is 4.70. The number of fused-ring (bicyclic) bond motifs is 1. The molecule has 4 aromatic rings. The molecule has 23 heavy (non-hydrogen) atoms. The summed E-state index contributed by atoms with van der Waals surface area (Å²) in [5.41, 5.74) is 3.51. The number of imidazole rings is 1. The van der Waals surface area contributed by atoms with Gasteiger partial charge in [0.2, 0.25) is 0 Å². The van der Waals surface area contributed by atoms with Crippen molar-refractivity contribution in [2.75, 3.05) is 0 Å². The summed E-state index contributed by atoms with van der Waals surface area (Å²) in [7, 11) is 0. The van der Waals surface area contributed by atoms with Gasteiger partial charge in [0, 0.05) is 18.2 Å². The summed E-state index contributed by atoms with van der Waals surface area (Å²) in [4.78, 5) is 8.00. The first-order chi connectivity index (χ1) is 11.4. The molecule has 0 fully saturated rings. The third-order valence-corrected chi connectivity index (χ3v) is 4.16. The molecular formula is C21H18N2. The number of aromatic nitrogens is 2. The second-order valence-corrected chi connectivity index (χ2v) is 5.78. The summed E-state index contributed by atoms with van der Waals surface area (Å²) in [6, 6.07) is 25.4. The van der Waals surface area contributed by atoms with Crippen molar-refractivity contribution in [3.8, 4) is 11.3 Å². The maximum Gasteiger partial charge on any atom is 0.107 e. The van der Waals surface area contributed by atoms with Crippen LogP contribution in [0.3, 0.4) is 0 Å². The molecule has 0 aliphatic carbocycles. The summed E-state index contributed by atoms with van der Waals surface area (Å²) < 4.78 is 0. The lowest BCUT2D eigenvalue weighted by atomic mass is 10.0. The van der Waals surface area contributed by atoms with E-state index in [0.29, 0.717) is 0 Å². The summed E-state index contributed by atoms with van der Waals surface area (Å²) in [5.74, 6) is 1.04. The standard InChI is InChI=1S/C21H18N2/c1-2-7-18(8-3-1)20-15-22-21(23-20)13-11-16-10-12-17-6-4-5-9-19(17)14-16/h1-10,12,14-15H,11,13H2,(H,22,23). The van der Waals surface area contributed by atoms with E-state index in [1.807, 2.05) is 24.4 Å². The largest absolute Gasteiger partial charge is 0.348 e. The smallest absolute Gasteiger partial charge is 0.107 e. The molecule has 0 amide bonds. The zero-order valence-corrected chi connectivity index (χ0v) is 12.9. The van der Waals surface area contributed by atoms with Crippen LogP contribution in [-0.4, -0.2) is 9.97 Å². The molecule has 112 valence electrons. The number of hydrogen-bond donors (Lipinski definition) is 1. The molecule has 1 aromatic heterocycles. The van der Waals surface area contributed by atoms with Crippen molar-refractivity contribution in [3.63, 3.8) is 0 Å². The van der Waals surface area contributed by atoms with Crippen LogP contribution in [0.25, 0.3) is 22.0 Å². The zero-order chi connectivity index (χ0) is 15.5. The molecule has 4 rings (SSSR count). The van der Waals surface area contributed by atoms with Crippen molar-refractivity contribution in [2.24, 2.45) is 0 Å². The monoisotopic (exact) mass is 298 g/mol.